The zero-order valence-corrected chi connectivity index (χ0v) is 19.8. The fourth-order valence-electron chi connectivity index (χ4n) is 4.96. The molecule has 0 bridgehead atoms. The van der Waals surface area contributed by atoms with E-state index >= 15 is 0 Å². The van der Waals surface area contributed by atoms with Crippen molar-refractivity contribution in [1.29, 1.82) is 0 Å². The highest BCUT2D eigenvalue weighted by Gasteiger charge is 2.43. The molecule has 1 heterocycles. The standard InChI is InChI=1S/C24H48O2Si/c1-4-25-27(2,3)20-16-14-12-10-8-6-5-7-9-11-13-15-17-22-18-19-23-24(21-22)26-23/h22-24H,4-21H2,1-3H3. The lowest BCUT2D eigenvalue weighted by molar-refractivity contribution is 0.327. The van der Waals surface area contributed by atoms with E-state index in [0.29, 0.717) is 12.2 Å². The van der Waals surface area contributed by atoms with Crippen molar-refractivity contribution in [3.8, 4) is 0 Å². The lowest BCUT2D eigenvalue weighted by Gasteiger charge is -2.21. The smallest absolute Gasteiger partial charge is 0.186 e. The molecule has 0 aromatic rings. The zero-order valence-electron chi connectivity index (χ0n) is 18.8. The molecule has 0 spiro atoms. The van der Waals surface area contributed by atoms with Gasteiger partial charge in [0.25, 0.3) is 0 Å². The van der Waals surface area contributed by atoms with Crippen LogP contribution in [0.1, 0.15) is 110 Å². The summed E-state index contributed by atoms with van der Waals surface area (Å²) in [4.78, 5) is 0. The lowest BCUT2D eigenvalue weighted by atomic mass is 9.85. The summed E-state index contributed by atoms with van der Waals surface area (Å²) in [5.41, 5.74) is 0. The molecular weight excluding hydrogens is 348 g/mol. The molecule has 1 aliphatic heterocycles. The molecule has 160 valence electrons. The summed E-state index contributed by atoms with van der Waals surface area (Å²) in [6.45, 7) is 7.76. The van der Waals surface area contributed by atoms with Gasteiger partial charge in [0.15, 0.2) is 8.32 Å². The monoisotopic (exact) mass is 396 g/mol. The fraction of sp³-hybridized carbons (Fsp3) is 1.00. The van der Waals surface area contributed by atoms with Crippen molar-refractivity contribution in [2.24, 2.45) is 5.92 Å². The molecule has 2 fully saturated rings. The van der Waals surface area contributed by atoms with E-state index in [4.69, 9.17) is 9.16 Å². The Morgan fingerprint density at radius 3 is 1.85 bits per heavy atom. The molecule has 1 saturated carbocycles. The van der Waals surface area contributed by atoms with Crippen molar-refractivity contribution >= 4 is 8.32 Å². The van der Waals surface area contributed by atoms with Crippen LogP contribution in [-0.2, 0) is 9.16 Å². The number of hydrogen-bond donors (Lipinski definition) is 0. The van der Waals surface area contributed by atoms with Gasteiger partial charge in [-0.25, -0.2) is 0 Å². The molecule has 0 radical (unpaired) electrons. The highest BCUT2D eigenvalue weighted by Crippen LogP contribution is 2.41. The predicted molar refractivity (Wildman–Crippen MR) is 120 cm³/mol. The van der Waals surface area contributed by atoms with Crippen LogP contribution < -0.4 is 0 Å². The third-order valence-corrected chi connectivity index (χ3v) is 9.42. The van der Waals surface area contributed by atoms with E-state index in [-0.39, 0.29) is 0 Å². The second kappa shape index (κ2) is 13.4. The Morgan fingerprint density at radius 1 is 0.741 bits per heavy atom. The van der Waals surface area contributed by atoms with Crippen molar-refractivity contribution in [2.45, 2.75) is 141 Å². The lowest BCUT2D eigenvalue weighted by Crippen LogP contribution is -2.29. The summed E-state index contributed by atoms with van der Waals surface area (Å²) in [5, 5.41) is 0. The largest absolute Gasteiger partial charge is 0.418 e. The van der Waals surface area contributed by atoms with E-state index in [2.05, 4.69) is 20.0 Å². The van der Waals surface area contributed by atoms with Crippen molar-refractivity contribution in [2.75, 3.05) is 6.61 Å². The van der Waals surface area contributed by atoms with Crippen molar-refractivity contribution in [3.05, 3.63) is 0 Å². The minimum Gasteiger partial charge on any atom is -0.418 e. The average Bonchev–Trinajstić information content (AvgIpc) is 3.40. The summed E-state index contributed by atoms with van der Waals surface area (Å²) in [5.74, 6) is 0.987. The minimum absolute atomic E-state index is 0.674. The van der Waals surface area contributed by atoms with Gasteiger partial charge in [-0.1, -0.05) is 83.5 Å². The SMILES string of the molecule is CCO[Si](C)(C)CCCCCCCCCCCCCCC1CCC2OC2C1. The third kappa shape index (κ3) is 11.0. The first-order valence-electron chi connectivity index (χ1n) is 12.4. The Labute approximate surface area is 171 Å². The quantitative estimate of drug-likeness (QED) is 0.142. The van der Waals surface area contributed by atoms with Crippen LogP contribution in [0.3, 0.4) is 0 Å². The molecule has 1 saturated heterocycles. The molecule has 1 aliphatic carbocycles. The Morgan fingerprint density at radius 2 is 1.30 bits per heavy atom. The highest BCUT2D eigenvalue weighted by atomic mass is 28.4. The number of unbranched alkanes of at least 4 members (excludes halogenated alkanes) is 11. The molecule has 0 aromatic heterocycles. The number of fused-ring (bicyclic) bond motifs is 1. The van der Waals surface area contributed by atoms with E-state index in [0.717, 1.165) is 12.5 Å². The van der Waals surface area contributed by atoms with Crippen LogP contribution in [0.5, 0.6) is 0 Å². The van der Waals surface area contributed by atoms with Crippen LogP contribution in [0.2, 0.25) is 19.1 Å². The van der Waals surface area contributed by atoms with Crippen molar-refractivity contribution < 1.29 is 9.16 Å². The van der Waals surface area contributed by atoms with E-state index in [1.807, 2.05) is 0 Å². The van der Waals surface area contributed by atoms with Gasteiger partial charge in [-0.2, -0.15) is 0 Å². The van der Waals surface area contributed by atoms with Gasteiger partial charge in [0, 0.05) is 6.61 Å². The van der Waals surface area contributed by atoms with Gasteiger partial charge in [-0.05, 0) is 51.2 Å². The normalized spacial score (nSPS) is 24.8. The molecule has 2 rings (SSSR count). The van der Waals surface area contributed by atoms with Crippen molar-refractivity contribution in [1.82, 2.24) is 0 Å². The molecule has 3 unspecified atom stereocenters. The van der Waals surface area contributed by atoms with Gasteiger partial charge in [-0.15, -0.1) is 0 Å². The van der Waals surface area contributed by atoms with Gasteiger partial charge in [0.2, 0.25) is 0 Å². The van der Waals surface area contributed by atoms with Gasteiger partial charge < -0.3 is 9.16 Å². The van der Waals surface area contributed by atoms with Gasteiger partial charge in [0.05, 0.1) is 12.2 Å². The van der Waals surface area contributed by atoms with E-state index in [1.165, 1.54) is 109 Å². The second-order valence-electron chi connectivity index (χ2n) is 9.87. The van der Waals surface area contributed by atoms with Crippen LogP contribution in [-0.4, -0.2) is 27.1 Å². The number of epoxide rings is 1. The maximum absolute atomic E-state index is 5.91. The Balaban J connectivity index is 1.25. The third-order valence-electron chi connectivity index (χ3n) is 6.79. The highest BCUT2D eigenvalue weighted by molar-refractivity contribution is 6.71. The molecule has 3 atom stereocenters. The van der Waals surface area contributed by atoms with Gasteiger partial charge in [-0.3, -0.25) is 0 Å². The zero-order chi connectivity index (χ0) is 19.4. The van der Waals surface area contributed by atoms with Crippen LogP contribution in [0.25, 0.3) is 0 Å². The summed E-state index contributed by atoms with van der Waals surface area (Å²) >= 11 is 0. The van der Waals surface area contributed by atoms with Gasteiger partial charge in [0.1, 0.15) is 0 Å². The first-order chi connectivity index (χ1) is 13.1. The number of ether oxygens (including phenoxy) is 1. The van der Waals surface area contributed by atoms with Crippen LogP contribution in [0, 0.1) is 5.92 Å². The fourth-order valence-corrected chi connectivity index (χ4v) is 6.99. The summed E-state index contributed by atoms with van der Waals surface area (Å²) in [7, 11) is -1.32. The van der Waals surface area contributed by atoms with Crippen molar-refractivity contribution in [3.63, 3.8) is 0 Å². The van der Waals surface area contributed by atoms with Gasteiger partial charge >= 0.3 is 0 Å². The Bertz CT molecular complexity index is 371. The molecule has 2 aliphatic rings. The molecule has 2 nitrogen and oxygen atoms in total. The van der Waals surface area contributed by atoms with E-state index in [1.54, 1.807) is 0 Å². The second-order valence-corrected chi connectivity index (χ2v) is 14.2. The van der Waals surface area contributed by atoms with Crippen LogP contribution in [0.4, 0.5) is 0 Å². The summed E-state index contributed by atoms with van der Waals surface area (Å²) in [6, 6.07) is 1.34. The first kappa shape index (κ1) is 23.4. The van der Waals surface area contributed by atoms with E-state index < -0.39 is 8.32 Å². The summed E-state index contributed by atoms with van der Waals surface area (Å²) < 4.78 is 11.6. The molecule has 27 heavy (non-hydrogen) atoms. The number of rotatable bonds is 17. The molecular formula is C24H48O2Si. The average molecular weight is 397 g/mol. The predicted octanol–water partition coefficient (Wildman–Crippen LogP) is 7.87. The maximum Gasteiger partial charge on any atom is 0.186 e. The summed E-state index contributed by atoms with van der Waals surface area (Å²) in [6.07, 6.45) is 24.4. The maximum atomic E-state index is 5.91. The van der Waals surface area contributed by atoms with E-state index in [9.17, 15) is 0 Å². The molecule has 0 aromatic carbocycles. The topological polar surface area (TPSA) is 21.8 Å². The Hall–Kier alpha value is 0.137. The van der Waals surface area contributed by atoms with Crippen LogP contribution >= 0.6 is 0 Å². The molecule has 3 heteroatoms. The first-order valence-corrected chi connectivity index (χ1v) is 15.5. The molecule has 0 amide bonds. The van der Waals surface area contributed by atoms with Crippen LogP contribution in [0.15, 0.2) is 0 Å². The minimum atomic E-state index is -1.32. The molecule has 0 N–H and O–H groups in total. The number of hydrogen-bond acceptors (Lipinski definition) is 2. The Kier molecular flexibility index (Phi) is 11.6.